The fraction of sp³-hybridized carbons (Fsp3) is 0.379. The van der Waals surface area contributed by atoms with Gasteiger partial charge in [0.15, 0.2) is 11.5 Å². The molecule has 0 N–H and O–H groups in total. The molecule has 2 saturated heterocycles. The molecule has 0 saturated carbocycles. The molecule has 0 spiro atoms. The zero-order chi connectivity index (χ0) is 23.4. The molecule has 3 heterocycles. The van der Waals surface area contributed by atoms with Gasteiger partial charge in [-0.25, -0.2) is 0 Å². The van der Waals surface area contributed by atoms with Crippen molar-refractivity contribution in [3.05, 3.63) is 96.1 Å². The van der Waals surface area contributed by atoms with E-state index >= 15 is 0 Å². The molecule has 4 heteroatoms. The zero-order valence-corrected chi connectivity index (χ0v) is 20.0. The third kappa shape index (κ3) is 7.08. The van der Waals surface area contributed by atoms with Crippen molar-refractivity contribution in [1.82, 2.24) is 0 Å². The monoisotopic (exact) mass is 448 g/mol. The Morgan fingerprint density at radius 3 is 1.58 bits per heavy atom. The Balaban J connectivity index is 0.000000134. The average Bonchev–Trinajstić information content (AvgIpc) is 2.85. The third-order valence-electron chi connectivity index (χ3n) is 5.63. The first-order valence-electron chi connectivity index (χ1n) is 11.9. The van der Waals surface area contributed by atoms with Gasteiger partial charge in [0.1, 0.15) is 13.2 Å². The molecule has 0 bridgehead atoms. The molecule has 3 aromatic carbocycles. The van der Waals surface area contributed by atoms with E-state index in [2.05, 4.69) is 55.5 Å². The predicted molar refractivity (Wildman–Crippen MR) is 133 cm³/mol. The first kappa shape index (κ1) is 24.8. The summed E-state index contributed by atoms with van der Waals surface area (Å²) in [6, 6.07) is 28.6. The molecule has 176 valence electrons. The lowest BCUT2D eigenvalue weighted by molar-refractivity contribution is -0.0527. The second kappa shape index (κ2) is 13.0. The van der Waals surface area contributed by atoms with E-state index in [1.807, 2.05) is 50.2 Å². The maximum Gasteiger partial charge on any atom is 0.161 e. The molecule has 0 radical (unpaired) electrons. The van der Waals surface area contributed by atoms with Gasteiger partial charge < -0.3 is 18.9 Å². The maximum atomic E-state index is 5.32. The van der Waals surface area contributed by atoms with Gasteiger partial charge in [0.2, 0.25) is 0 Å². The predicted octanol–water partition coefficient (Wildman–Crippen LogP) is 6.61. The average molecular weight is 449 g/mol. The Kier molecular flexibility index (Phi) is 9.79. The summed E-state index contributed by atoms with van der Waals surface area (Å²) in [5.74, 6) is 1.71. The number of para-hydroxylation sites is 2. The van der Waals surface area contributed by atoms with Crippen LogP contribution >= 0.6 is 0 Å². The molecule has 3 aromatic rings. The summed E-state index contributed by atoms with van der Waals surface area (Å²) in [6.07, 6.45) is 1.57. The standard InChI is InChI=1S/C10H12O.C9H10O.C8H8O2.C2H6/c1-10(7-11-8-10)9-5-3-2-4-6-9;1-2-4-8(5-3-1)9-6-7-10-9;1-2-4-8-7(3-1)9-5-6-10-8;1-2/h2-6H,7-8H2,1H3;1-5,9H,6-7H2;1-4H,5-6H2;1-2H3. The van der Waals surface area contributed by atoms with Crippen LogP contribution in [-0.2, 0) is 14.9 Å². The van der Waals surface area contributed by atoms with Gasteiger partial charge in [0, 0.05) is 11.8 Å². The number of rotatable bonds is 2. The lowest BCUT2D eigenvalue weighted by Crippen LogP contribution is -2.43. The molecule has 2 fully saturated rings. The second-order valence-electron chi connectivity index (χ2n) is 8.12. The summed E-state index contributed by atoms with van der Waals surface area (Å²) in [5.41, 5.74) is 3.00. The van der Waals surface area contributed by atoms with E-state index in [-0.39, 0.29) is 0 Å². The van der Waals surface area contributed by atoms with Gasteiger partial charge in [-0.1, -0.05) is 93.6 Å². The highest BCUT2D eigenvalue weighted by atomic mass is 16.6. The summed E-state index contributed by atoms with van der Waals surface area (Å²) in [4.78, 5) is 0. The van der Waals surface area contributed by atoms with Crippen molar-refractivity contribution in [1.29, 1.82) is 0 Å². The number of hydrogen-bond donors (Lipinski definition) is 0. The second-order valence-corrected chi connectivity index (χ2v) is 8.12. The molecule has 0 aromatic heterocycles. The quantitative estimate of drug-likeness (QED) is 0.442. The zero-order valence-electron chi connectivity index (χ0n) is 20.0. The SMILES string of the molecule is CC.CC1(c2ccccc2)COC1.c1ccc(C2CCO2)cc1.c1ccc2c(c1)OCCO2. The topological polar surface area (TPSA) is 36.9 Å². The Morgan fingerprint density at radius 1 is 0.667 bits per heavy atom. The Morgan fingerprint density at radius 2 is 1.15 bits per heavy atom. The van der Waals surface area contributed by atoms with Crippen LogP contribution in [0.4, 0.5) is 0 Å². The lowest BCUT2D eigenvalue weighted by atomic mass is 9.81. The minimum Gasteiger partial charge on any atom is -0.486 e. The molecular formula is C29H36O4. The molecule has 0 aliphatic carbocycles. The molecule has 1 atom stereocenters. The van der Waals surface area contributed by atoms with Gasteiger partial charge in [0.25, 0.3) is 0 Å². The third-order valence-corrected chi connectivity index (χ3v) is 5.63. The van der Waals surface area contributed by atoms with Crippen molar-refractivity contribution in [2.45, 2.75) is 38.7 Å². The van der Waals surface area contributed by atoms with E-state index in [1.54, 1.807) is 0 Å². The van der Waals surface area contributed by atoms with Crippen LogP contribution in [-0.4, -0.2) is 33.0 Å². The van der Waals surface area contributed by atoms with Crippen molar-refractivity contribution in [2.24, 2.45) is 0 Å². The van der Waals surface area contributed by atoms with Crippen molar-refractivity contribution >= 4 is 0 Å². The van der Waals surface area contributed by atoms with Crippen LogP contribution in [0.5, 0.6) is 11.5 Å². The molecule has 33 heavy (non-hydrogen) atoms. The van der Waals surface area contributed by atoms with E-state index in [0.717, 1.165) is 31.3 Å². The Bertz CT molecular complexity index is 894. The van der Waals surface area contributed by atoms with Crippen LogP contribution < -0.4 is 9.47 Å². The molecule has 3 aliphatic heterocycles. The largest absolute Gasteiger partial charge is 0.486 e. The van der Waals surface area contributed by atoms with Gasteiger partial charge in [-0.3, -0.25) is 0 Å². The summed E-state index contributed by atoms with van der Waals surface area (Å²) in [7, 11) is 0. The number of ether oxygens (including phenoxy) is 4. The van der Waals surface area contributed by atoms with Crippen LogP contribution in [0.1, 0.15) is 44.4 Å². The van der Waals surface area contributed by atoms with E-state index in [9.17, 15) is 0 Å². The van der Waals surface area contributed by atoms with E-state index in [0.29, 0.717) is 24.7 Å². The molecule has 0 amide bonds. The normalized spacial score (nSPS) is 18.8. The highest BCUT2D eigenvalue weighted by Gasteiger charge is 2.34. The number of benzene rings is 3. The van der Waals surface area contributed by atoms with Crippen LogP contribution in [0.3, 0.4) is 0 Å². The van der Waals surface area contributed by atoms with Crippen LogP contribution in [0.15, 0.2) is 84.9 Å². The molecule has 4 nitrogen and oxygen atoms in total. The Hall–Kier alpha value is -2.82. The van der Waals surface area contributed by atoms with Crippen LogP contribution in [0.25, 0.3) is 0 Å². The van der Waals surface area contributed by atoms with Crippen molar-refractivity contribution in [2.75, 3.05) is 33.0 Å². The minimum absolute atomic E-state index is 0.293. The lowest BCUT2D eigenvalue weighted by Gasteiger charge is -2.38. The van der Waals surface area contributed by atoms with Gasteiger partial charge in [-0.05, 0) is 23.3 Å². The smallest absolute Gasteiger partial charge is 0.161 e. The number of fused-ring (bicyclic) bond motifs is 1. The van der Waals surface area contributed by atoms with E-state index in [4.69, 9.17) is 18.9 Å². The van der Waals surface area contributed by atoms with Gasteiger partial charge in [0.05, 0.1) is 25.9 Å². The highest BCUT2D eigenvalue weighted by Crippen LogP contribution is 2.31. The summed E-state index contributed by atoms with van der Waals surface area (Å²) in [6.45, 7) is 10.2. The molecule has 3 aliphatic rings. The maximum absolute atomic E-state index is 5.32. The summed E-state index contributed by atoms with van der Waals surface area (Å²) in [5, 5.41) is 0. The first-order valence-corrected chi connectivity index (χ1v) is 11.9. The van der Waals surface area contributed by atoms with Gasteiger partial charge >= 0.3 is 0 Å². The fourth-order valence-electron chi connectivity index (χ4n) is 3.57. The van der Waals surface area contributed by atoms with Crippen molar-refractivity contribution in [3.8, 4) is 11.5 Å². The molecule has 6 rings (SSSR count). The first-order chi connectivity index (χ1) is 16.2. The number of hydrogen-bond acceptors (Lipinski definition) is 4. The fourth-order valence-corrected chi connectivity index (χ4v) is 3.57. The van der Waals surface area contributed by atoms with E-state index in [1.165, 1.54) is 17.5 Å². The Labute approximate surface area is 198 Å². The summed E-state index contributed by atoms with van der Waals surface area (Å²) >= 11 is 0. The van der Waals surface area contributed by atoms with Crippen LogP contribution in [0.2, 0.25) is 0 Å². The van der Waals surface area contributed by atoms with Crippen molar-refractivity contribution < 1.29 is 18.9 Å². The minimum atomic E-state index is 0.293. The van der Waals surface area contributed by atoms with Crippen molar-refractivity contribution in [3.63, 3.8) is 0 Å². The van der Waals surface area contributed by atoms with E-state index < -0.39 is 0 Å². The van der Waals surface area contributed by atoms with Gasteiger partial charge in [-0.15, -0.1) is 0 Å². The van der Waals surface area contributed by atoms with Gasteiger partial charge in [-0.2, -0.15) is 0 Å². The highest BCUT2D eigenvalue weighted by molar-refractivity contribution is 5.40. The van der Waals surface area contributed by atoms with Crippen LogP contribution in [0, 0.1) is 0 Å². The molecular weight excluding hydrogens is 412 g/mol. The molecule has 1 unspecified atom stereocenters. The summed E-state index contributed by atoms with van der Waals surface area (Å²) < 4.78 is 21.1.